The molecule has 7 N–H and O–H groups in total. The number of anilines is 1. The summed E-state index contributed by atoms with van der Waals surface area (Å²) < 4.78 is 25.5. The van der Waals surface area contributed by atoms with Crippen LogP contribution in [0.5, 0.6) is 23.0 Å². The number of ketones is 1. The van der Waals surface area contributed by atoms with Crippen LogP contribution in [-0.4, -0.2) is 96.6 Å². The zero-order chi connectivity index (χ0) is 44.2. The second-order valence-corrected chi connectivity index (χ2v) is 16.0. The highest BCUT2D eigenvalue weighted by molar-refractivity contribution is 6.22. The van der Waals surface area contributed by atoms with Crippen molar-refractivity contribution in [2.75, 3.05) is 19.0 Å². The number of aromatic hydroxyl groups is 3. The first-order chi connectivity index (χ1) is 28.3. The lowest BCUT2D eigenvalue weighted by molar-refractivity contribution is -0.160. The molecule has 0 saturated carbocycles. The molecule has 1 aromatic heterocycles. The van der Waals surface area contributed by atoms with Gasteiger partial charge in [-0.15, -0.1) is 0 Å². The number of fused-ring (bicyclic) bond motifs is 14. The van der Waals surface area contributed by atoms with Crippen LogP contribution in [0, 0.1) is 30.6 Å². The summed E-state index contributed by atoms with van der Waals surface area (Å²) in [4.78, 5) is 44.5. The molecule has 0 saturated heterocycles. The van der Waals surface area contributed by atoms with Crippen molar-refractivity contribution in [1.29, 1.82) is 0 Å². The molecule has 2 aromatic carbocycles. The average molecular weight is 835 g/mol. The van der Waals surface area contributed by atoms with Gasteiger partial charge in [0, 0.05) is 92.2 Å². The van der Waals surface area contributed by atoms with Crippen molar-refractivity contribution in [2.24, 2.45) is 23.7 Å². The first-order valence-electron chi connectivity index (χ1n) is 20.1. The molecule has 4 heterocycles. The third-order valence-electron chi connectivity index (χ3n) is 11.7. The molecule has 3 aliphatic heterocycles. The van der Waals surface area contributed by atoms with Gasteiger partial charge in [0.2, 0.25) is 0 Å². The van der Waals surface area contributed by atoms with E-state index in [0.29, 0.717) is 19.5 Å². The SMILES string of the molecule is CO[C@H]1/C=C/O[C@@]2(C)Oc3c(C)c(O)c4c(O)c(c(CNCCCn5ccnc5)c(O)c4c3C2=O)NC(=O)/C(C)=C\C=C\[C@H](C)[C@H](O)[C@@H](C)[C@@H](O)[C@@H](C)[C@H](OC(C)=O)[C@@H]1C. The fourth-order valence-electron chi connectivity index (χ4n) is 7.98. The van der Waals surface area contributed by atoms with Gasteiger partial charge < -0.3 is 59.7 Å². The van der Waals surface area contributed by atoms with E-state index >= 15 is 0 Å². The standard InChI is InChI=1S/C44H58N4O12/c1-22-12-10-13-23(2)43(56)47-34-29(20-45-15-11-17-48-18-16-46-21-48)38(53)31-32(39(34)54)37(52)27(6)41-33(31)42(55)44(8,60-41)58-19-14-30(57-9)24(3)40(59-28(7)49)26(5)36(51)25(4)35(22)50/h10,12-14,16,18-19,21-22,24-26,30,35-36,40,45,50-54H,11,15,17,20H2,1-9H3,(H,47,56)/b12-10+,19-14+,23-13-/t22-,24+,25+,26+,30-,35-,36+,40+,44-/m0/s1. The van der Waals surface area contributed by atoms with E-state index in [9.17, 15) is 39.9 Å². The summed E-state index contributed by atoms with van der Waals surface area (Å²) in [5.74, 6) is -8.13. The molecule has 16 heteroatoms. The zero-order valence-corrected chi connectivity index (χ0v) is 35.6. The van der Waals surface area contributed by atoms with Gasteiger partial charge in [0.15, 0.2) is 5.75 Å². The number of benzene rings is 2. The Labute approximate surface area is 349 Å². The molecule has 6 rings (SSSR count). The van der Waals surface area contributed by atoms with Crippen LogP contribution in [0.25, 0.3) is 10.8 Å². The lowest BCUT2D eigenvalue weighted by Gasteiger charge is -2.38. The zero-order valence-electron chi connectivity index (χ0n) is 35.6. The molecular weight excluding hydrogens is 776 g/mol. The summed E-state index contributed by atoms with van der Waals surface area (Å²) in [6, 6.07) is 0. The van der Waals surface area contributed by atoms with E-state index in [-0.39, 0.29) is 51.0 Å². The number of amides is 1. The van der Waals surface area contributed by atoms with Crippen LogP contribution in [0.2, 0.25) is 0 Å². The van der Waals surface area contributed by atoms with Crippen LogP contribution in [0.4, 0.5) is 5.69 Å². The van der Waals surface area contributed by atoms with Crippen LogP contribution in [0.15, 0.2) is 54.9 Å². The van der Waals surface area contributed by atoms with E-state index in [2.05, 4.69) is 15.6 Å². The number of carbonyl (C=O) groups excluding carboxylic acids is 3. The number of Topliss-reactive ketones (excluding diaryl/α,β-unsaturated/α-hetero) is 1. The van der Waals surface area contributed by atoms with E-state index < -0.39 is 88.8 Å². The number of hydrogen-bond acceptors (Lipinski definition) is 14. The van der Waals surface area contributed by atoms with Gasteiger partial charge >= 0.3 is 11.8 Å². The number of methoxy groups -OCH3 is 1. The molecule has 0 radical (unpaired) electrons. The second-order valence-electron chi connectivity index (χ2n) is 16.0. The van der Waals surface area contributed by atoms with E-state index in [1.165, 1.54) is 53.2 Å². The van der Waals surface area contributed by atoms with Gasteiger partial charge in [0.05, 0.1) is 47.5 Å². The number of hydrogen-bond donors (Lipinski definition) is 7. The van der Waals surface area contributed by atoms with Crippen LogP contribution in [0.1, 0.15) is 76.4 Å². The van der Waals surface area contributed by atoms with E-state index in [1.807, 2.05) is 10.8 Å². The molecule has 0 unspecified atom stereocenters. The van der Waals surface area contributed by atoms with E-state index in [4.69, 9.17) is 18.9 Å². The van der Waals surface area contributed by atoms with E-state index in [0.717, 1.165) is 0 Å². The number of nitrogens with one attached hydrogen (secondary N) is 2. The number of nitrogens with zero attached hydrogens (tertiary/aromatic N) is 2. The van der Waals surface area contributed by atoms with Crippen molar-refractivity contribution >= 4 is 34.1 Å². The highest BCUT2D eigenvalue weighted by atomic mass is 16.7. The normalized spacial score (nSPS) is 29.7. The lowest BCUT2D eigenvalue weighted by Crippen LogP contribution is -2.46. The number of ether oxygens (including phenoxy) is 4. The number of phenols is 3. The van der Waals surface area contributed by atoms with Crippen molar-refractivity contribution < 1.29 is 58.9 Å². The quantitative estimate of drug-likeness (QED) is 0.0676. The third kappa shape index (κ3) is 9.16. The number of imidazole rings is 1. The molecule has 5 bridgehead atoms. The van der Waals surface area contributed by atoms with Crippen molar-refractivity contribution in [2.45, 2.75) is 105 Å². The number of esters is 1. The number of aromatic nitrogens is 2. The molecule has 9 atom stereocenters. The van der Waals surface area contributed by atoms with Gasteiger partial charge in [-0.1, -0.05) is 45.9 Å². The third-order valence-corrected chi connectivity index (χ3v) is 11.7. The van der Waals surface area contributed by atoms with Crippen LogP contribution in [-0.2, 0) is 36.9 Å². The molecule has 1 amide bonds. The summed E-state index contributed by atoms with van der Waals surface area (Å²) >= 11 is 0. The highest BCUT2D eigenvalue weighted by Gasteiger charge is 2.50. The number of rotatable bonds is 8. The first-order valence-corrected chi connectivity index (χ1v) is 20.1. The smallest absolute Gasteiger partial charge is 0.312 e. The molecule has 16 nitrogen and oxygen atoms in total. The molecule has 0 fully saturated rings. The molecule has 0 spiro atoms. The molecule has 0 aliphatic carbocycles. The molecular formula is C44H58N4O12. The summed E-state index contributed by atoms with van der Waals surface area (Å²) in [6.07, 6.45) is 9.47. The Balaban J connectivity index is 1.64. The number of carbonyl (C=O) groups is 3. The fourth-order valence-corrected chi connectivity index (χ4v) is 7.98. The van der Waals surface area contributed by atoms with Gasteiger partial charge in [-0.3, -0.25) is 14.4 Å². The number of aliphatic hydroxyl groups excluding tert-OH is 2. The Hall–Kier alpha value is -5.42. The maximum atomic E-state index is 14.4. The molecule has 3 aromatic rings. The summed E-state index contributed by atoms with van der Waals surface area (Å²) in [6.45, 7) is 13.6. The molecule has 326 valence electrons. The average Bonchev–Trinajstić information content (AvgIpc) is 3.83. The van der Waals surface area contributed by atoms with Gasteiger partial charge in [-0.2, -0.15) is 0 Å². The minimum atomic E-state index is -2.03. The van der Waals surface area contributed by atoms with Gasteiger partial charge in [0.25, 0.3) is 11.7 Å². The number of aryl methyl sites for hydroxylation is 1. The number of aliphatic hydroxyl groups is 2. The van der Waals surface area contributed by atoms with Crippen molar-refractivity contribution in [3.63, 3.8) is 0 Å². The Morgan fingerprint density at radius 3 is 2.37 bits per heavy atom. The maximum Gasteiger partial charge on any atom is 0.312 e. The largest absolute Gasteiger partial charge is 0.507 e. The predicted octanol–water partition coefficient (Wildman–Crippen LogP) is 5.13. The van der Waals surface area contributed by atoms with Gasteiger partial charge in [-0.05, 0) is 32.9 Å². The minimum Gasteiger partial charge on any atom is -0.507 e. The summed E-state index contributed by atoms with van der Waals surface area (Å²) in [7, 11) is 1.44. The Bertz CT molecular complexity index is 2170. The van der Waals surface area contributed by atoms with Crippen molar-refractivity contribution in [1.82, 2.24) is 14.9 Å². The highest BCUT2D eigenvalue weighted by Crippen LogP contribution is 2.55. The Kier molecular flexibility index (Phi) is 14.4. The Morgan fingerprint density at radius 1 is 1.00 bits per heavy atom. The predicted molar refractivity (Wildman–Crippen MR) is 222 cm³/mol. The maximum absolute atomic E-state index is 14.4. The Morgan fingerprint density at radius 2 is 1.72 bits per heavy atom. The second kappa shape index (κ2) is 18.9. The van der Waals surface area contributed by atoms with Crippen LogP contribution < -0.4 is 15.4 Å². The van der Waals surface area contributed by atoms with E-state index in [1.54, 1.807) is 52.4 Å². The first kappa shape index (κ1) is 45.7. The van der Waals surface area contributed by atoms with Crippen LogP contribution in [0.3, 0.4) is 0 Å². The summed E-state index contributed by atoms with van der Waals surface area (Å²) in [5.41, 5.74) is -0.0456. The number of allylic oxidation sites excluding steroid dienone is 2. The molecule has 3 aliphatic rings. The monoisotopic (exact) mass is 834 g/mol. The topological polar surface area (TPSA) is 231 Å². The lowest BCUT2D eigenvalue weighted by atomic mass is 9.78. The minimum absolute atomic E-state index is 0.0410. The van der Waals surface area contributed by atoms with Crippen LogP contribution >= 0.6 is 0 Å². The van der Waals surface area contributed by atoms with Crippen molar-refractivity contribution in [3.05, 3.63) is 71.6 Å². The number of phenolic OH excluding ortho intramolecular Hbond substituents is 3. The fraction of sp³-hybridized carbons (Fsp3) is 0.500. The molecule has 60 heavy (non-hydrogen) atoms. The van der Waals surface area contributed by atoms with Crippen molar-refractivity contribution in [3.8, 4) is 23.0 Å². The van der Waals surface area contributed by atoms with Gasteiger partial charge in [-0.25, -0.2) is 4.98 Å². The summed E-state index contributed by atoms with van der Waals surface area (Å²) in [5, 5.41) is 63.9. The van der Waals surface area contributed by atoms with Gasteiger partial charge in [0.1, 0.15) is 23.4 Å².